The van der Waals surface area contributed by atoms with Gasteiger partial charge in [-0.1, -0.05) is 51.1 Å². The molecule has 0 radical (unpaired) electrons. The van der Waals surface area contributed by atoms with E-state index in [1.165, 1.54) is 54.7 Å². The maximum absolute atomic E-state index is 6.15. The Morgan fingerprint density at radius 2 is 2.05 bits per heavy atom. The van der Waals surface area contributed by atoms with E-state index < -0.39 is 0 Å². The molecule has 0 amide bonds. The van der Waals surface area contributed by atoms with Crippen LogP contribution in [0.1, 0.15) is 64.0 Å². The van der Waals surface area contributed by atoms with Crippen LogP contribution in [-0.2, 0) is 0 Å². The van der Waals surface area contributed by atoms with Crippen LogP contribution in [0.4, 0.5) is 0 Å². The van der Waals surface area contributed by atoms with Crippen LogP contribution in [0.15, 0.2) is 23.1 Å². The number of thioether (sulfide) groups is 1. The minimum atomic E-state index is 0.496. The van der Waals surface area contributed by atoms with Crippen molar-refractivity contribution in [2.24, 2.45) is 5.92 Å². The first kappa shape index (κ1) is 17.2. The average molecular weight is 326 g/mol. The van der Waals surface area contributed by atoms with Crippen LogP contribution >= 0.6 is 23.4 Å². The van der Waals surface area contributed by atoms with E-state index in [2.05, 4.69) is 31.3 Å². The third kappa shape index (κ3) is 5.84. The van der Waals surface area contributed by atoms with Crippen LogP contribution in [0.25, 0.3) is 0 Å². The van der Waals surface area contributed by atoms with Gasteiger partial charge in [0, 0.05) is 16.0 Å². The van der Waals surface area contributed by atoms with E-state index >= 15 is 0 Å². The van der Waals surface area contributed by atoms with Crippen molar-refractivity contribution in [3.05, 3.63) is 28.8 Å². The second-order valence-electron chi connectivity index (χ2n) is 6.42. The fourth-order valence-corrected chi connectivity index (χ4v) is 4.17. The Labute approximate surface area is 139 Å². The normalized spacial score (nSPS) is 18.0. The fraction of sp³-hybridized carbons (Fsp3) is 0.667. The summed E-state index contributed by atoms with van der Waals surface area (Å²) in [5, 5.41) is 4.59. The monoisotopic (exact) mass is 325 g/mol. The predicted molar refractivity (Wildman–Crippen MR) is 95.5 cm³/mol. The molecule has 1 unspecified atom stereocenters. The van der Waals surface area contributed by atoms with Gasteiger partial charge in [0.05, 0.1) is 0 Å². The number of nitrogens with one attached hydrogen (secondary N) is 1. The van der Waals surface area contributed by atoms with E-state index in [4.69, 9.17) is 11.6 Å². The van der Waals surface area contributed by atoms with Crippen molar-refractivity contribution in [2.75, 3.05) is 12.3 Å². The molecule has 0 saturated heterocycles. The van der Waals surface area contributed by atoms with Gasteiger partial charge >= 0.3 is 0 Å². The molecule has 0 saturated carbocycles. The quantitative estimate of drug-likeness (QED) is 0.582. The van der Waals surface area contributed by atoms with Crippen molar-refractivity contribution in [3.63, 3.8) is 0 Å². The minimum absolute atomic E-state index is 0.496. The maximum atomic E-state index is 6.15. The number of halogens is 1. The van der Waals surface area contributed by atoms with Crippen molar-refractivity contribution >= 4 is 23.4 Å². The summed E-state index contributed by atoms with van der Waals surface area (Å²) in [5.74, 6) is 2.06. The van der Waals surface area contributed by atoms with Crippen LogP contribution in [0.5, 0.6) is 0 Å². The average Bonchev–Trinajstić information content (AvgIpc) is 2.46. The molecule has 118 valence electrons. The largest absolute Gasteiger partial charge is 0.310 e. The summed E-state index contributed by atoms with van der Waals surface area (Å²) in [6.45, 7) is 5.75. The molecular formula is C18H28ClNS. The lowest BCUT2D eigenvalue weighted by Gasteiger charge is -2.26. The first-order chi connectivity index (χ1) is 10.2. The molecule has 1 atom stereocenters. The van der Waals surface area contributed by atoms with Gasteiger partial charge in [0.2, 0.25) is 0 Å². The van der Waals surface area contributed by atoms with Gasteiger partial charge in [-0.3, -0.25) is 0 Å². The lowest BCUT2D eigenvalue weighted by atomic mass is 10.0. The van der Waals surface area contributed by atoms with E-state index in [0.717, 1.165) is 17.5 Å². The Morgan fingerprint density at radius 3 is 2.86 bits per heavy atom. The molecule has 0 bridgehead atoms. The highest BCUT2D eigenvalue weighted by atomic mass is 35.5. The maximum Gasteiger partial charge on any atom is 0.0410 e. The van der Waals surface area contributed by atoms with E-state index in [-0.39, 0.29) is 0 Å². The van der Waals surface area contributed by atoms with Crippen LogP contribution in [0.3, 0.4) is 0 Å². The number of hydrogen-bond donors (Lipinski definition) is 1. The summed E-state index contributed by atoms with van der Waals surface area (Å²) < 4.78 is 0. The SMILES string of the molecule is CC(C)CCCCCCNC1CCSc2ccc(Cl)cc21. The van der Waals surface area contributed by atoms with Gasteiger partial charge in [-0.2, -0.15) is 0 Å². The summed E-state index contributed by atoms with van der Waals surface area (Å²) in [7, 11) is 0. The topological polar surface area (TPSA) is 12.0 Å². The van der Waals surface area contributed by atoms with Gasteiger partial charge in [-0.25, -0.2) is 0 Å². The smallest absolute Gasteiger partial charge is 0.0410 e. The summed E-state index contributed by atoms with van der Waals surface area (Å²) in [5.41, 5.74) is 1.40. The Hall–Kier alpha value is -0.180. The number of benzene rings is 1. The Kier molecular flexibility index (Phi) is 7.42. The number of fused-ring (bicyclic) bond motifs is 1. The van der Waals surface area contributed by atoms with Gasteiger partial charge in [0.25, 0.3) is 0 Å². The molecular weight excluding hydrogens is 298 g/mol. The number of rotatable bonds is 8. The molecule has 21 heavy (non-hydrogen) atoms. The zero-order valence-corrected chi connectivity index (χ0v) is 14.9. The van der Waals surface area contributed by atoms with E-state index in [1.54, 1.807) is 0 Å². The molecule has 0 aromatic heterocycles. The third-order valence-corrected chi connectivity index (χ3v) is 5.47. The fourth-order valence-electron chi connectivity index (χ4n) is 2.88. The van der Waals surface area contributed by atoms with E-state index in [1.807, 2.05) is 17.8 Å². The lowest BCUT2D eigenvalue weighted by Crippen LogP contribution is -2.25. The minimum Gasteiger partial charge on any atom is -0.310 e. The van der Waals surface area contributed by atoms with Crippen LogP contribution in [0, 0.1) is 5.92 Å². The van der Waals surface area contributed by atoms with Crippen LogP contribution in [0.2, 0.25) is 5.02 Å². The molecule has 1 heterocycles. The highest BCUT2D eigenvalue weighted by molar-refractivity contribution is 7.99. The molecule has 0 fully saturated rings. The summed E-state index contributed by atoms with van der Waals surface area (Å²) in [4.78, 5) is 1.40. The molecule has 3 heteroatoms. The van der Waals surface area contributed by atoms with Gasteiger partial charge in [-0.05, 0) is 54.8 Å². The number of hydrogen-bond acceptors (Lipinski definition) is 2. The highest BCUT2D eigenvalue weighted by Gasteiger charge is 2.20. The van der Waals surface area contributed by atoms with Crippen molar-refractivity contribution in [1.29, 1.82) is 0 Å². The second kappa shape index (κ2) is 9.07. The Bertz CT molecular complexity index is 433. The van der Waals surface area contributed by atoms with E-state index in [9.17, 15) is 0 Å². The second-order valence-corrected chi connectivity index (χ2v) is 8.00. The zero-order valence-electron chi connectivity index (χ0n) is 13.3. The molecule has 1 aromatic carbocycles. The van der Waals surface area contributed by atoms with Gasteiger partial charge in [0.15, 0.2) is 0 Å². The molecule has 1 aromatic rings. The van der Waals surface area contributed by atoms with Crippen LogP contribution < -0.4 is 5.32 Å². The van der Waals surface area contributed by atoms with Crippen molar-refractivity contribution < 1.29 is 0 Å². The number of unbranched alkanes of at least 4 members (excludes halogenated alkanes) is 3. The lowest BCUT2D eigenvalue weighted by molar-refractivity contribution is 0.476. The Balaban J connectivity index is 1.69. The molecule has 0 spiro atoms. The molecule has 1 aliphatic rings. The van der Waals surface area contributed by atoms with Crippen molar-refractivity contribution in [2.45, 2.75) is 63.3 Å². The van der Waals surface area contributed by atoms with Crippen molar-refractivity contribution in [3.8, 4) is 0 Å². The van der Waals surface area contributed by atoms with Crippen LogP contribution in [-0.4, -0.2) is 12.3 Å². The molecule has 1 N–H and O–H groups in total. The highest BCUT2D eigenvalue weighted by Crippen LogP contribution is 2.37. The van der Waals surface area contributed by atoms with Gasteiger partial charge in [-0.15, -0.1) is 11.8 Å². The molecule has 1 aliphatic heterocycles. The zero-order chi connectivity index (χ0) is 15.1. The van der Waals surface area contributed by atoms with Gasteiger partial charge in [0.1, 0.15) is 0 Å². The third-order valence-electron chi connectivity index (χ3n) is 4.11. The molecule has 0 aliphatic carbocycles. The van der Waals surface area contributed by atoms with Crippen molar-refractivity contribution in [1.82, 2.24) is 5.32 Å². The molecule has 2 rings (SSSR count). The summed E-state index contributed by atoms with van der Waals surface area (Å²) in [6, 6.07) is 6.81. The summed E-state index contributed by atoms with van der Waals surface area (Å²) in [6.07, 6.45) is 7.99. The summed E-state index contributed by atoms with van der Waals surface area (Å²) >= 11 is 8.10. The standard InChI is InChI=1S/C18H28ClNS/c1-14(2)7-5-3-4-6-11-20-17-10-12-21-18-9-8-15(19)13-16(17)18/h8-9,13-14,17,20H,3-7,10-12H2,1-2H3. The van der Waals surface area contributed by atoms with E-state index in [0.29, 0.717) is 6.04 Å². The van der Waals surface area contributed by atoms with Gasteiger partial charge < -0.3 is 5.32 Å². The first-order valence-corrected chi connectivity index (χ1v) is 9.69. The molecule has 1 nitrogen and oxygen atoms in total. The first-order valence-electron chi connectivity index (χ1n) is 8.32. The Morgan fingerprint density at radius 1 is 1.24 bits per heavy atom. The predicted octanol–water partition coefficient (Wildman–Crippen LogP) is 6.07.